The lowest BCUT2D eigenvalue weighted by Crippen LogP contribution is -2.37. The van der Waals surface area contributed by atoms with Crippen molar-refractivity contribution in [2.75, 3.05) is 13.6 Å². The Morgan fingerprint density at radius 3 is 2.75 bits per heavy atom. The molecule has 0 aromatic rings. The lowest BCUT2D eigenvalue weighted by atomic mass is 10.5. The molecular formula is C6H14N2. The third-order valence-electron chi connectivity index (χ3n) is 1.00. The first-order chi connectivity index (χ1) is 3.81. The highest BCUT2D eigenvalue weighted by Gasteiger charge is 1.89. The van der Waals surface area contributed by atoms with E-state index >= 15 is 0 Å². The van der Waals surface area contributed by atoms with Crippen LogP contribution in [0.25, 0.3) is 0 Å². The zero-order chi connectivity index (χ0) is 6.41. The molecule has 0 aliphatic heterocycles. The van der Waals surface area contributed by atoms with Crippen LogP contribution in [0.4, 0.5) is 0 Å². The Bertz CT molecular complexity index is 61.5. The first-order valence-corrected chi connectivity index (χ1v) is 2.82. The molecule has 0 bridgehead atoms. The molecule has 2 N–H and O–H groups in total. The average molecular weight is 114 g/mol. The Balaban J connectivity index is 2.97. The molecule has 0 saturated carbocycles. The second-order valence-electron chi connectivity index (χ2n) is 1.71. The van der Waals surface area contributed by atoms with Crippen LogP contribution in [0.2, 0.25) is 0 Å². The van der Waals surface area contributed by atoms with Gasteiger partial charge in [-0.25, -0.2) is 0 Å². The molecule has 0 fully saturated rings. The maximum absolute atomic E-state index is 3.58. The van der Waals surface area contributed by atoms with Gasteiger partial charge >= 0.3 is 0 Å². The van der Waals surface area contributed by atoms with E-state index in [1.807, 2.05) is 13.1 Å². The standard InChI is InChI=1S/C6H14N2/c1-4-5-8-6(2)7-3/h4,6-8H,1,5H2,2-3H3. The van der Waals surface area contributed by atoms with Crippen LogP contribution in [0, 0.1) is 0 Å². The minimum Gasteiger partial charge on any atom is -0.305 e. The first-order valence-electron chi connectivity index (χ1n) is 2.82. The highest BCUT2D eigenvalue weighted by Crippen LogP contribution is 1.68. The maximum Gasteiger partial charge on any atom is 0.0542 e. The molecule has 0 aromatic carbocycles. The van der Waals surface area contributed by atoms with Crippen LogP contribution in [0.3, 0.4) is 0 Å². The maximum atomic E-state index is 3.58. The molecule has 2 heteroatoms. The van der Waals surface area contributed by atoms with Gasteiger partial charge in [-0.3, -0.25) is 5.32 Å². The fourth-order valence-electron chi connectivity index (χ4n) is 0.362. The Morgan fingerprint density at radius 1 is 1.75 bits per heavy atom. The smallest absolute Gasteiger partial charge is 0.0542 e. The Hall–Kier alpha value is -0.340. The molecule has 1 atom stereocenters. The van der Waals surface area contributed by atoms with Gasteiger partial charge in [0.05, 0.1) is 6.17 Å². The number of nitrogens with one attached hydrogen (secondary N) is 2. The quantitative estimate of drug-likeness (QED) is 0.406. The first kappa shape index (κ1) is 7.66. The summed E-state index contributed by atoms with van der Waals surface area (Å²) in [5.74, 6) is 0. The fraction of sp³-hybridized carbons (Fsp3) is 0.667. The van der Waals surface area contributed by atoms with E-state index in [0.29, 0.717) is 6.17 Å². The van der Waals surface area contributed by atoms with Gasteiger partial charge in [0, 0.05) is 6.54 Å². The minimum absolute atomic E-state index is 0.382. The summed E-state index contributed by atoms with van der Waals surface area (Å²) in [6.45, 7) is 6.50. The van der Waals surface area contributed by atoms with E-state index in [4.69, 9.17) is 0 Å². The van der Waals surface area contributed by atoms with Gasteiger partial charge < -0.3 is 5.32 Å². The monoisotopic (exact) mass is 114 g/mol. The largest absolute Gasteiger partial charge is 0.305 e. The van der Waals surface area contributed by atoms with Crippen LogP contribution in [0.5, 0.6) is 0 Å². The van der Waals surface area contributed by atoms with Crippen LogP contribution >= 0.6 is 0 Å². The number of rotatable bonds is 4. The van der Waals surface area contributed by atoms with Crippen molar-refractivity contribution in [3.05, 3.63) is 12.7 Å². The predicted octanol–water partition coefficient (Wildman–Crippen LogP) is 0.327. The topological polar surface area (TPSA) is 24.1 Å². The highest BCUT2D eigenvalue weighted by atomic mass is 15.1. The van der Waals surface area contributed by atoms with Crippen molar-refractivity contribution in [1.29, 1.82) is 0 Å². The van der Waals surface area contributed by atoms with Gasteiger partial charge in [0.1, 0.15) is 0 Å². The molecule has 0 radical (unpaired) electrons. The molecule has 0 heterocycles. The zero-order valence-corrected chi connectivity index (χ0v) is 5.57. The molecule has 2 nitrogen and oxygen atoms in total. The fourth-order valence-corrected chi connectivity index (χ4v) is 0.362. The Labute approximate surface area is 51.0 Å². The summed E-state index contributed by atoms with van der Waals surface area (Å²) >= 11 is 0. The van der Waals surface area contributed by atoms with E-state index in [2.05, 4.69) is 24.1 Å². The van der Waals surface area contributed by atoms with E-state index < -0.39 is 0 Å². The SMILES string of the molecule is C=CCNC(C)NC. The molecule has 0 saturated heterocycles. The lowest BCUT2D eigenvalue weighted by molar-refractivity contribution is 0.516. The molecule has 0 aliphatic rings. The molecule has 0 aromatic heterocycles. The second kappa shape index (κ2) is 4.81. The summed E-state index contributed by atoms with van der Waals surface area (Å²) in [5, 5.41) is 6.19. The molecule has 0 aliphatic carbocycles. The van der Waals surface area contributed by atoms with Gasteiger partial charge in [0.2, 0.25) is 0 Å². The van der Waals surface area contributed by atoms with Crippen molar-refractivity contribution in [3.8, 4) is 0 Å². The molecule has 0 rings (SSSR count). The third-order valence-corrected chi connectivity index (χ3v) is 1.00. The summed E-state index contributed by atoms with van der Waals surface area (Å²) in [4.78, 5) is 0. The third kappa shape index (κ3) is 3.84. The summed E-state index contributed by atoms with van der Waals surface area (Å²) in [6, 6.07) is 0. The molecule has 48 valence electrons. The van der Waals surface area contributed by atoms with Crippen molar-refractivity contribution >= 4 is 0 Å². The van der Waals surface area contributed by atoms with E-state index in [9.17, 15) is 0 Å². The van der Waals surface area contributed by atoms with Crippen LogP contribution in [-0.2, 0) is 0 Å². The van der Waals surface area contributed by atoms with E-state index in [1.54, 1.807) is 0 Å². The summed E-state index contributed by atoms with van der Waals surface area (Å²) in [5.41, 5.74) is 0. The van der Waals surface area contributed by atoms with Crippen molar-refractivity contribution in [2.24, 2.45) is 0 Å². The van der Waals surface area contributed by atoms with Gasteiger partial charge in [-0.05, 0) is 14.0 Å². The van der Waals surface area contributed by atoms with Crippen LogP contribution in [0.1, 0.15) is 6.92 Å². The normalized spacial score (nSPS) is 13.2. The average Bonchev–Trinajstić information content (AvgIpc) is 1.83. The molecule has 8 heavy (non-hydrogen) atoms. The van der Waals surface area contributed by atoms with Crippen LogP contribution < -0.4 is 10.6 Å². The van der Waals surface area contributed by atoms with Gasteiger partial charge in [0.25, 0.3) is 0 Å². The van der Waals surface area contributed by atoms with E-state index in [1.165, 1.54) is 0 Å². The van der Waals surface area contributed by atoms with Crippen molar-refractivity contribution in [1.82, 2.24) is 10.6 Å². The summed E-state index contributed by atoms with van der Waals surface area (Å²) in [6.07, 6.45) is 2.22. The molecule has 0 spiro atoms. The molecular weight excluding hydrogens is 100 g/mol. The zero-order valence-electron chi connectivity index (χ0n) is 5.57. The minimum atomic E-state index is 0.382. The van der Waals surface area contributed by atoms with Gasteiger partial charge in [0.15, 0.2) is 0 Å². The van der Waals surface area contributed by atoms with Crippen molar-refractivity contribution in [2.45, 2.75) is 13.1 Å². The number of hydrogen-bond donors (Lipinski definition) is 2. The predicted molar refractivity (Wildman–Crippen MR) is 36.7 cm³/mol. The summed E-state index contributed by atoms with van der Waals surface area (Å²) < 4.78 is 0. The van der Waals surface area contributed by atoms with Crippen molar-refractivity contribution < 1.29 is 0 Å². The summed E-state index contributed by atoms with van der Waals surface area (Å²) in [7, 11) is 1.92. The molecule has 0 amide bonds. The Kier molecular flexibility index (Phi) is 4.61. The second-order valence-corrected chi connectivity index (χ2v) is 1.71. The number of hydrogen-bond acceptors (Lipinski definition) is 2. The Morgan fingerprint density at radius 2 is 2.38 bits per heavy atom. The van der Waals surface area contributed by atoms with Gasteiger partial charge in [-0.1, -0.05) is 6.08 Å². The van der Waals surface area contributed by atoms with Crippen LogP contribution in [-0.4, -0.2) is 19.8 Å². The van der Waals surface area contributed by atoms with Gasteiger partial charge in [-0.2, -0.15) is 0 Å². The van der Waals surface area contributed by atoms with Crippen molar-refractivity contribution in [3.63, 3.8) is 0 Å². The van der Waals surface area contributed by atoms with E-state index in [-0.39, 0.29) is 0 Å². The van der Waals surface area contributed by atoms with E-state index in [0.717, 1.165) is 6.54 Å². The highest BCUT2D eigenvalue weighted by molar-refractivity contribution is 4.70. The molecule has 1 unspecified atom stereocenters. The van der Waals surface area contributed by atoms with Gasteiger partial charge in [-0.15, -0.1) is 6.58 Å². The lowest BCUT2D eigenvalue weighted by Gasteiger charge is -2.08. The van der Waals surface area contributed by atoms with Crippen LogP contribution in [0.15, 0.2) is 12.7 Å².